The Morgan fingerprint density at radius 3 is 2.33 bits per heavy atom. The lowest BCUT2D eigenvalue weighted by atomic mass is 10.0. The van der Waals surface area contributed by atoms with Crippen LogP contribution in [0.3, 0.4) is 0 Å². The fourth-order valence-electron chi connectivity index (χ4n) is 1.55. The molecule has 0 saturated carbocycles. The molecule has 18 heavy (non-hydrogen) atoms. The fourth-order valence-corrected chi connectivity index (χ4v) is 1.55. The zero-order chi connectivity index (χ0) is 13.3. The van der Waals surface area contributed by atoms with E-state index in [0.29, 0.717) is 0 Å². The summed E-state index contributed by atoms with van der Waals surface area (Å²) in [6, 6.07) is 5.90. The van der Waals surface area contributed by atoms with Gasteiger partial charge in [0.1, 0.15) is 5.82 Å². The minimum Gasteiger partial charge on any atom is -0.258 e. The van der Waals surface area contributed by atoms with Crippen molar-refractivity contribution in [2.75, 3.05) is 0 Å². The third kappa shape index (κ3) is 2.04. The van der Waals surface area contributed by atoms with E-state index in [-0.39, 0.29) is 11.1 Å². The summed E-state index contributed by atoms with van der Waals surface area (Å²) in [4.78, 5) is 9.83. The standard InChI is InChI=1S/C12H6F3NO2/c13-10-5-4-7(16(17)18)6-9(10)8-2-1-3-11(14)12(8)15/h1-6H. The second kappa shape index (κ2) is 4.48. The van der Waals surface area contributed by atoms with Crippen molar-refractivity contribution >= 4 is 5.69 Å². The van der Waals surface area contributed by atoms with Crippen LogP contribution in [0, 0.1) is 27.6 Å². The van der Waals surface area contributed by atoms with Gasteiger partial charge in [-0.2, -0.15) is 0 Å². The van der Waals surface area contributed by atoms with E-state index in [9.17, 15) is 23.3 Å². The van der Waals surface area contributed by atoms with Crippen molar-refractivity contribution in [3.63, 3.8) is 0 Å². The highest BCUT2D eigenvalue weighted by molar-refractivity contribution is 5.67. The first-order chi connectivity index (χ1) is 8.50. The van der Waals surface area contributed by atoms with Gasteiger partial charge in [0.15, 0.2) is 11.6 Å². The molecule has 0 aliphatic carbocycles. The van der Waals surface area contributed by atoms with Crippen LogP contribution in [-0.2, 0) is 0 Å². The molecule has 2 aromatic carbocycles. The smallest absolute Gasteiger partial charge is 0.258 e. The van der Waals surface area contributed by atoms with Crippen LogP contribution in [0.1, 0.15) is 0 Å². The predicted octanol–water partition coefficient (Wildman–Crippen LogP) is 3.68. The van der Waals surface area contributed by atoms with Gasteiger partial charge in [0.2, 0.25) is 0 Å². The third-order valence-corrected chi connectivity index (χ3v) is 2.40. The van der Waals surface area contributed by atoms with Gasteiger partial charge in [-0.05, 0) is 12.1 Å². The average molecular weight is 253 g/mol. The second-order valence-electron chi connectivity index (χ2n) is 3.52. The lowest BCUT2D eigenvalue weighted by Crippen LogP contribution is -1.94. The number of nitro groups is 1. The quantitative estimate of drug-likeness (QED) is 0.605. The molecule has 0 aliphatic heterocycles. The number of nitro benzene ring substituents is 1. The van der Waals surface area contributed by atoms with Gasteiger partial charge >= 0.3 is 0 Å². The number of rotatable bonds is 2. The Balaban J connectivity index is 2.66. The van der Waals surface area contributed by atoms with Gasteiger partial charge in [0, 0.05) is 23.3 Å². The summed E-state index contributed by atoms with van der Waals surface area (Å²) in [5, 5.41) is 10.6. The maximum atomic E-state index is 13.5. The number of hydrogen-bond acceptors (Lipinski definition) is 2. The van der Waals surface area contributed by atoms with E-state index in [1.54, 1.807) is 0 Å². The van der Waals surface area contributed by atoms with Crippen LogP contribution in [-0.4, -0.2) is 4.92 Å². The van der Waals surface area contributed by atoms with Crippen LogP contribution in [0.5, 0.6) is 0 Å². The summed E-state index contributed by atoms with van der Waals surface area (Å²) >= 11 is 0. The first-order valence-corrected chi connectivity index (χ1v) is 4.89. The van der Waals surface area contributed by atoms with Crippen molar-refractivity contribution < 1.29 is 18.1 Å². The van der Waals surface area contributed by atoms with Crippen molar-refractivity contribution in [3.05, 3.63) is 64.0 Å². The number of nitrogens with zero attached hydrogens (tertiary/aromatic N) is 1. The molecule has 0 aliphatic rings. The molecule has 0 N–H and O–H groups in total. The lowest BCUT2D eigenvalue weighted by Gasteiger charge is -2.05. The Morgan fingerprint density at radius 1 is 0.944 bits per heavy atom. The van der Waals surface area contributed by atoms with Gasteiger partial charge in [-0.1, -0.05) is 12.1 Å². The number of non-ortho nitro benzene ring substituents is 1. The second-order valence-corrected chi connectivity index (χ2v) is 3.52. The summed E-state index contributed by atoms with van der Waals surface area (Å²) in [6.45, 7) is 0. The van der Waals surface area contributed by atoms with Gasteiger partial charge in [0.05, 0.1) is 4.92 Å². The molecule has 92 valence electrons. The van der Waals surface area contributed by atoms with Crippen LogP contribution in [0.15, 0.2) is 36.4 Å². The fraction of sp³-hybridized carbons (Fsp3) is 0. The van der Waals surface area contributed by atoms with E-state index in [1.807, 2.05) is 0 Å². The molecule has 0 bridgehead atoms. The van der Waals surface area contributed by atoms with Crippen LogP contribution in [0.25, 0.3) is 11.1 Å². The molecule has 0 fully saturated rings. The van der Waals surface area contributed by atoms with Gasteiger partial charge in [-0.15, -0.1) is 0 Å². The number of hydrogen-bond donors (Lipinski definition) is 0. The molecule has 6 heteroatoms. The number of halogens is 3. The first kappa shape index (κ1) is 12.1. The van der Waals surface area contributed by atoms with E-state index in [2.05, 4.69) is 0 Å². The van der Waals surface area contributed by atoms with Crippen molar-refractivity contribution in [2.24, 2.45) is 0 Å². The molecular formula is C12H6F3NO2. The summed E-state index contributed by atoms with van der Waals surface area (Å²) in [7, 11) is 0. The Kier molecular flexibility index (Phi) is 3.01. The molecule has 3 nitrogen and oxygen atoms in total. The topological polar surface area (TPSA) is 43.1 Å². The Morgan fingerprint density at radius 2 is 1.67 bits per heavy atom. The van der Waals surface area contributed by atoms with Crippen molar-refractivity contribution in [1.82, 2.24) is 0 Å². The van der Waals surface area contributed by atoms with Crippen molar-refractivity contribution in [3.8, 4) is 11.1 Å². The van der Waals surface area contributed by atoms with Crippen LogP contribution in [0.2, 0.25) is 0 Å². The molecule has 0 aromatic heterocycles. The first-order valence-electron chi connectivity index (χ1n) is 4.89. The maximum Gasteiger partial charge on any atom is 0.270 e. The van der Waals surface area contributed by atoms with E-state index < -0.39 is 28.1 Å². The third-order valence-electron chi connectivity index (χ3n) is 2.40. The molecule has 0 spiro atoms. The summed E-state index contributed by atoms with van der Waals surface area (Å²) in [5.74, 6) is -3.24. The summed E-state index contributed by atoms with van der Waals surface area (Å²) in [5.41, 5.74) is -1.09. The molecule has 0 atom stereocenters. The molecule has 0 radical (unpaired) electrons. The minimum atomic E-state index is -1.24. The molecule has 2 rings (SSSR count). The van der Waals surface area contributed by atoms with E-state index in [1.165, 1.54) is 6.07 Å². The predicted molar refractivity (Wildman–Crippen MR) is 58.4 cm³/mol. The van der Waals surface area contributed by atoms with E-state index in [4.69, 9.17) is 0 Å². The van der Waals surface area contributed by atoms with E-state index >= 15 is 0 Å². The van der Waals surface area contributed by atoms with Crippen molar-refractivity contribution in [2.45, 2.75) is 0 Å². The van der Waals surface area contributed by atoms with Gasteiger partial charge in [-0.3, -0.25) is 10.1 Å². The molecule has 0 unspecified atom stereocenters. The van der Waals surface area contributed by atoms with Crippen LogP contribution >= 0.6 is 0 Å². The largest absolute Gasteiger partial charge is 0.270 e. The number of benzene rings is 2. The Hall–Kier alpha value is -2.37. The zero-order valence-electron chi connectivity index (χ0n) is 8.86. The van der Waals surface area contributed by atoms with Crippen LogP contribution in [0.4, 0.5) is 18.9 Å². The highest BCUT2D eigenvalue weighted by atomic mass is 19.2. The SMILES string of the molecule is O=[N+]([O-])c1ccc(F)c(-c2cccc(F)c2F)c1. The summed E-state index contributed by atoms with van der Waals surface area (Å²) < 4.78 is 40.0. The summed E-state index contributed by atoms with van der Waals surface area (Å²) in [6.07, 6.45) is 0. The maximum absolute atomic E-state index is 13.5. The van der Waals surface area contributed by atoms with Gasteiger partial charge in [-0.25, -0.2) is 13.2 Å². The lowest BCUT2D eigenvalue weighted by molar-refractivity contribution is -0.384. The van der Waals surface area contributed by atoms with Gasteiger partial charge in [0.25, 0.3) is 5.69 Å². The Bertz CT molecular complexity index is 629. The van der Waals surface area contributed by atoms with Crippen molar-refractivity contribution in [1.29, 1.82) is 0 Å². The normalized spacial score (nSPS) is 10.4. The Labute approximate surface area is 99.6 Å². The minimum absolute atomic E-state index is 0.346. The van der Waals surface area contributed by atoms with E-state index in [0.717, 1.165) is 30.3 Å². The average Bonchev–Trinajstić information content (AvgIpc) is 2.33. The molecule has 0 saturated heterocycles. The highest BCUT2D eigenvalue weighted by Gasteiger charge is 2.17. The zero-order valence-corrected chi connectivity index (χ0v) is 8.86. The molecule has 0 heterocycles. The molecular weight excluding hydrogens is 247 g/mol. The highest BCUT2D eigenvalue weighted by Crippen LogP contribution is 2.29. The monoisotopic (exact) mass is 253 g/mol. The molecule has 2 aromatic rings. The van der Waals surface area contributed by atoms with Crippen LogP contribution < -0.4 is 0 Å². The van der Waals surface area contributed by atoms with Gasteiger partial charge < -0.3 is 0 Å². The molecule has 0 amide bonds.